The highest BCUT2D eigenvalue weighted by molar-refractivity contribution is 6.32. The molecule has 0 unspecified atom stereocenters. The fraction of sp³-hybridized carbons (Fsp3) is 0.0714. The summed E-state index contributed by atoms with van der Waals surface area (Å²) >= 11 is 5.92. The molecule has 2 aromatic carbocycles. The highest BCUT2D eigenvalue weighted by Gasteiger charge is 2.18. The third-order valence-electron chi connectivity index (χ3n) is 2.62. The molecule has 102 valence electrons. The van der Waals surface area contributed by atoms with Gasteiger partial charge in [0.2, 0.25) is 5.75 Å². The number of para-hydroxylation sites is 1. The predicted molar refractivity (Wildman–Crippen MR) is 74.6 cm³/mol. The summed E-state index contributed by atoms with van der Waals surface area (Å²) in [5.41, 5.74) is 0.319. The topological polar surface area (TPSA) is 69.4 Å². The van der Waals surface area contributed by atoms with Crippen molar-refractivity contribution in [1.82, 2.24) is 0 Å². The largest absolute Gasteiger partial charge is 0.449 e. The molecule has 0 aliphatic heterocycles. The Hall–Kier alpha value is -2.40. The van der Waals surface area contributed by atoms with E-state index in [0.717, 1.165) is 0 Å². The van der Waals surface area contributed by atoms with E-state index in [0.29, 0.717) is 11.3 Å². The fourth-order valence-corrected chi connectivity index (χ4v) is 1.83. The molecule has 2 rings (SSSR count). The van der Waals surface area contributed by atoms with Crippen molar-refractivity contribution in [3.05, 3.63) is 63.2 Å². The second-order valence-corrected chi connectivity index (χ2v) is 4.44. The van der Waals surface area contributed by atoms with Crippen LogP contribution in [-0.2, 0) is 0 Å². The molecule has 0 bridgehead atoms. The van der Waals surface area contributed by atoms with Gasteiger partial charge in [0.1, 0.15) is 5.75 Å². The van der Waals surface area contributed by atoms with E-state index in [9.17, 15) is 14.9 Å². The summed E-state index contributed by atoms with van der Waals surface area (Å²) in [6.45, 7) is 1.45. The van der Waals surface area contributed by atoms with Gasteiger partial charge in [-0.15, -0.1) is 0 Å². The summed E-state index contributed by atoms with van der Waals surface area (Å²) < 4.78 is 5.45. The summed E-state index contributed by atoms with van der Waals surface area (Å²) in [6, 6.07) is 10.6. The van der Waals surface area contributed by atoms with E-state index in [4.69, 9.17) is 16.3 Å². The van der Waals surface area contributed by atoms with Crippen molar-refractivity contribution in [2.24, 2.45) is 0 Å². The van der Waals surface area contributed by atoms with Crippen LogP contribution >= 0.6 is 11.6 Å². The van der Waals surface area contributed by atoms with E-state index >= 15 is 0 Å². The van der Waals surface area contributed by atoms with Crippen molar-refractivity contribution < 1.29 is 14.5 Å². The van der Waals surface area contributed by atoms with E-state index in [1.165, 1.54) is 25.1 Å². The maximum atomic E-state index is 11.2. The minimum absolute atomic E-state index is 0.0188. The molecule has 20 heavy (non-hydrogen) atoms. The molecule has 0 saturated carbocycles. The number of nitro groups is 1. The minimum atomic E-state index is -0.564. The molecule has 0 aliphatic carbocycles. The van der Waals surface area contributed by atoms with Gasteiger partial charge in [-0.05, 0) is 37.3 Å². The zero-order valence-corrected chi connectivity index (χ0v) is 11.3. The molecule has 0 atom stereocenters. The Labute approximate surface area is 119 Å². The van der Waals surface area contributed by atoms with Crippen LogP contribution in [0.5, 0.6) is 11.5 Å². The monoisotopic (exact) mass is 291 g/mol. The number of benzene rings is 2. The second kappa shape index (κ2) is 5.71. The summed E-state index contributed by atoms with van der Waals surface area (Å²) in [5.74, 6) is 0.279. The zero-order valence-electron chi connectivity index (χ0n) is 10.5. The van der Waals surface area contributed by atoms with Gasteiger partial charge < -0.3 is 4.74 Å². The number of rotatable bonds is 4. The van der Waals surface area contributed by atoms with Crippen LogP contribution in [0.3, 0.4) is 0 Å². The molecule has 2 aromatic rings. The van der Waals surface area contributed by atoms with Crippen molar-refractivity contribution in [2.75, 3.05) is 0 Å². The van der Waals surface area contributed by atoms with Crippen LogP contribution in [0.15, 0.2) is 42.5 Å². The molecule has 0 N–H and O–H groups in total. The van der Waals surface area contributed by atoms with Gasteiger partial charge in [0.15, 0.2) is 5.78 Å². The Morgan fingerprint density at radius 3 is 2.40 bits per heavy atom. The lowest BCUT2D eigenvalue weighted by molar-refractivity contribution is -0.385. The van der Waals surface area contributed by atoms with Crippen LogP contribution in [0.4, 0.5) is 5.69 Å². The normalized spacial score (nSPS) is 10.1. The molecule has 0 spiro atoms. The van der Waals surface area contributed by atoms with Gasteiger partial charge >= 0.3 is 5.69 Å². The van der Waals surface area contributed by atoms with Crippen molar-refractivity contribution >= 4 is 23.1 Å². The standard InChI is InChI=1S/C14H10ClNO4/c1-9(17)10-5-7-11(8-6-10)20-14-12(15)3-2-4-13(14)16(18)19/h2-8H,1H3. The number of carbonyl (C=O) groups is 1. The predicted octanol–water partition coefficient (Wildman–Crippen LogP) is 4.24. The molecule has 0 radical (unpaired) electrons. The number of carbonyl (C=O) groups excluding carboxylic acids is 1. The van der Waals surface area contributed by atoms with Gasteiger partial charge in [-0.25, -0.2) is 0 Å². The van der Waals surface area contributed by atoms with E-state index in [-0.39, 0.29) is 22.2 Å². The van der Waals surface area contributed by atoms with Gasteiger partial charge in [0, 0.05) is 11.6 Å². The number of nitrogens with zero attached hydrogens (tertiary/aromatic N) is 1. The van der Waals surface area contributed by atoms with Gasteiger partial charge in [-0.2, -0.15) is 0 Å². The minimum Gasteiger partial charge on any atom is -0.449 e. The van der Waals surface area contributed by atoms with Crippen molar-refractivity contribution in [3.63, 3.8) is 0 Å². The molecule has 0 fully saturated rings. The second-order valence-electron chi connectivity index (χ2n) is 4.03. The first-order valence-corrected chi connectivity index (χ1v) is 6.08. The zero-order chi connectivity index (χ0) is 14.7. The van der Waals surface area contributed by atoms with Crippen LogP contribution < -0.4 is 4.74 Å². The molecular formula is C14H10ClNO4. The number of hydrogen-bond donors (Lipinski definition) is 0. The summed E-state index contributed by atoms with van der Waals surface area (Å²) in [7, 11) is 0. The van der Waals surface area contributed by atoms with Gasteiger partial charge in [0.25, 0.3) is 0 Å². The Balaban J connectivity index is 2.34. The first kappa shape index (κ1) is 14.0. The molecule has 0 aromatic heterocycles. The lowest BCUT2D eigenvalue weighted by atomic mass is 10.1. The van der Waals surface area contributed by atoms with E-state index in [1.807, 2.05) is 0 Å². The molecule has 5 nitrogen and oxygen atoms in total. The third-order valence-corrected chi connectivity index (χ3v) is 2.92. The number of ether oxygens (including phenoxy) is 1. The van der Waals surface area contributed by atoms with Gasteiger partial charge in [-0.3, -0.25) is 14.9 Å². The highest BCUT2D eigenvalue weighted by Crippen LogP contribution is 2.37. The number of hydrogen-bond acceptors (Lipinski definition) is 4. The Kier molecular flexibility index (Phi) is 4.00. The molecule has 6 heteroatoms. The first-order chi connectivity index (χ1) is 9.49. The first-order valence-electron chi connectivity index (χ1n) is 5.71. The van der Waals surface area contributed by atoms with Crippen LogP contribution in [0.25, 0.3) is 0 Å². The van der Waals surface area contributed by atoms with E-state index < -0.39 is 4.92 Å². The average molecular weight is 292 g/mol. The number of nitro benzene ring substituents is 1. The molecular weight excluding hydrogens is 282 g/mol. The van der Waals surface area contributed by atoms with Gasteiger partial charge in [-0.1, -0.05) is 17.7 Å². The Bertz CT molecular complexity index is 667. The van der Waals surface area contributed by atoms with Crippen molar-refractivity contribution in [1.29, 1.82) is 0 Å². The lowest BCUT2D eigenvalue weighted by Gasteiger charge is -2.08. The summed E-state index contributed by atoms with van der Waals surface area (Å²) in [6.07, 6.45) is 0. The molecule has 0 saturated heterocycles. The van der Waals surface area contributed by atoms with Crippen molar-refractivity contribution in [3.8, 4) is 11.5 Å². The van der Waals surface area contributed by atoms with E-state index in [2.05, 4.69) is 0 Å². The SMILES string of the molecule is CC(=O)c1ccc(Oc2c(Cl)cccc2[N+](=O)[O-])cc1. The molecule has 0 aliphatic rings. The summed E-state index contributed by atoms with van der Waals surface area (Å²) in [5, 5.41) is 11.1. The van der Waals surface area contributed by atoms with Crippen LogP contribution in [-0.4, -0.2) is 10.7 Å². The lowest BCUT2D eigenvalue weighted by Crippen LogP contribution is -1.95. The number of halogens is 1. The maximum absolute atomic E-state index is 11.2. The Morgan fingerprint density at radius 1 is 1.20 bits per heavy atom. The summed E-state index contributed by atoms with van der Waals surface area (Å²) in [4.78, 5) is 21.5. The average Bonchev–Trinajstić information content (AvgIpc) is 2.41. The van der Waals surface area contributed by atoms with Gasteiger partial charge in [0.05, 0.1) is 9.95 Å². The quantitative estimate of drug-likeness (QED) is 0.480. The van der Waals surface area contributed by atoms with Crippen LogP contribution in [0.2, 0.25) is 5.02 Å². The Morgan fingerprint density at radius 2 is 1.85 bits per heavy atom. The highest BCUT2D eigenvalue weighted by atomic mass is 35.5. The number of Topliss-reactive ketones (excluding diaryl/α,β-unsaturated/α-hetero) is 1. The fourth-order valence-electron chi connectivity index (χ4n) is 1.62. The molecule has 0 heterocycles. The number of ketones is 1. The van der Waals surface area contributed by atoms with Crippen molar-refractivity contribution in [2.45, 2.75) is 6.92 Å². The molecule has 0 amide bonds. The third kappa shape index (κ3) is 2.95. The maximum Gasteiger partial charge on any atom is 0.313 e. The van der Waals surface area contributed by atoms with E-state index in [1.54, 1.807) is 24.3 Å². The smallest absolute Gasteiger partial charge is 0.313 e. The van der Waals surface area contributed by atoms with Crippen LogP contribution in [0, 0.1) is 10.1 Å². The van der Waals surface area contributed by atoms with Crippen LogP contribution in [0.1, 0.15) is 17.3 Å².